The van der Waals surface area contributed by atoms with Gasteiger partial charge < -0.3 is 117 Å². The molecule has 0 amide bonds. The number of nitrogens with zero attached hydrogens (tertiary/aromatic N) is 4. The van der Waals surface area contributed by atoms with E-state index in [1.54, 1.807) is 13.7 Å². The maximum atomic E-state index is 11.9. The molecule has 601 valence electrons. The first kappa shape index (κ1) is 97.2. The second-order valence-corrected chi connectivity index (χ2v) is 34.2. The van der Waals surface area contributed by atoms with Crippen LogP contribution < -0.4 is 37.2 Å². The summed E-state index contributed by atoms with van der Waals surface area (Å²) >= 11 is 11.6. The molecule has 0 aromatic rings. The van der Waals surface area contributed by atoms with Crippen LogP contribution in [0.1, 0.15) is 148 Å². The molecule has 0 aromatic heterocycles. The van der Waals surface area contributed by atoms with Crippen LogP contribution >= 0.6 is 21.8 Å². The molecule has 23 atom stereocenters. The molecule has 3 unspecified atom stereocenters. The van der Waals surface area contributed by atoms with Crippen molar-refractivity contribution in [2.45, 2.75) is 267 Å². The van der Waals surface area contributed by atoms with E-state index in [9.17, 15) is 19.2 Å². The van der Waals surface area contributed by atoms with Gasteiger partial charge in [0.1, 0.15) is 52.7 Å². The Balaban J connectivity index is 0.000000505. The number of nitrogens with one attached hydrogen (secondary N) is 6. The van der Waals surface area contributed by atoms with Gasteiger partial charge in [-0.2, -0.15) is 15.8 Å². The van der Waals surface area contributed by atoms with Crippen molar-refractivity contribution in [3.63, 3.8) is 0 Å². The van der Waals surface area contributed by atoms with Gasteiger partial charge >= 0.3 is 11.9 Å². The van der Waals surface area contributed by atoms with Crippen molar-refractivity contribution in [1.29, 1.82) is 15.8 Å². The Morgan fingerprint density at radius 3 is 1.44 bits per heavy atom. The maximum absolute atomic E-state index is 11.9. The third kappa shape index (κ3) is 39.2. The summed E-state index contributed by atoms with van der Waals surface area (Å²) in [5.74, 6) is -1.03. The molecule has 7 aliphatic heterocycles. The molecular formula is C66H119B2N11O21P3S2Y-. The molecule has 10 N–H and O–H groups in total. The number of ketones is 2. The van der Waals surface area contributed by atoms with Crippen LogP contribution in [0.2, 0.25) is 0 Å². The fourth-order valence-corrected chi connectivity index (χ4v) is 18.0. The Kier molecular flexibility index (Phi) is 51.4. The van der Waals surface area contributed by atoms with Gasteiger partial charge in [0.05, 0.1) is 149 Å². The summed E-state index contributed by atoms with van der Waals surface area (Å²) in [5, 5.41) is 63.3. The number of nitrogens with two attached hydrogens (primary N) is 1. The van der Waals surface area contributed by atoms with E-state index >= 15 is 0 Å². The molecule has 0 spiro atoms. The monoisotopic (exact) mass is 1670 g/mol. The Bertz CT molecular complexity index is 2810. The molecule has 0 bridgehead atoms. The van der Waals surface area contributed by atoms with Gasteiger partial charge in [-0.3, -0.25) is 9.59 Å². The van der Waals surface area contributed by atoms with Crippen molar-refractivity contribution in [3.05, 3.63) is 6.61 Å². The van der Waals surface area contributed by atoms with Crippen LogP contribution in [0.3, 0.4) is 0 Å². The quantitative estimate of drug-likeness (QED) is 0.0139. The Hall–Kier alpha value is -1.21. The smallest absolute Gasteiger partial charge is 0.306 e. The van der Waals surface area contributed by atoms with Crippen molar-refractivity contribution in [1.82, 2.24) is 36.1 Å². The van der Waals surface area contributed by atoms with Crippen LogP contribution in [0, 0.1) is 40.6 Å². The zero-order valence-electron chi connectivity index (χ0n) is 65.7. The van der Waals surface area contributed by atoms with E-state index in [4.69, 9.17) is 144 Å². The number of carbonyl (C=O) groups is 4. The molecule has 7 aliphatic rings. The fraction of sp³-hybridized carbons (Fsp3) is 0.879. The summed E-state index contributed by atoms with van der Waals surface area (Å²) in [6, 6.07) is 5.92. The number of esters is 2. The van der Waals surface area contributed by atoms with Gasteiger partial charge in [-0.1, -0.05) is 0 Å². The molecule has 5 radical (unpaired) electrons. The molecule has 7 saturated heterocycles. The van der Waals surface area contributed by atoms with Gasteiger partial charge in [-0.05, 0) is 146 Å². The SMILES string of the molecule is CN[C@H]1C[C@H](C)O[C@@H]1COP(=S)(N[C@H]1C[CH-]O[C@@H]1COP(OCCC#N)N(C(C)C)C(C)C)OCCC#N.[3H][C@H]1C[C@H](NC)[C@@H](COC(=O)CCC(C)=O)O1.[3H][C@H]1C[C@H](NP(=S)(OCCC#N)OC[C@H]2O[C@@H](C)C[C@@H]2NC)[C@@H](COC(=O)CCC(C)=O)O1.[B][C@H]1C[C@H](N)[C@@H](CO)O1.[B][C@H]1C[C@H](NC)[C@@H](CO)O1.[Y]. The van der Waals surface area contributed by atoms with Crippen molar-refractivity contribution in [3.8, 4) is 18.2 Å². The number of hydrogen-bond acceptors (Lipinski definition) is 32. The topological polar surface area (TPSA) is 420 Å². The first-order valence-electron chi connectivity index (χ1n) is 37.0. The average molecular weight is 1670 g/mol. The summed E-state index contributed by atoms with van der Waals surface area (Å²) in [7, 11) is 16.9. The second kappa shape index (κ2) is 56.1. The van der Waals surface area contributed by atoms with Gasteiger partial charge in [0.2, 0.25) is 0 Å². The van der Waals surface area contributed by atoms with E-state index in [-0.39, 0.29) is 251 Å². The zero-order chi connectivity index (χ0) is 79.8. The fourth-order valence-electron chi connectivity index (χ4n) is 11.6. The minimum absolute atomic E-state index is 0. The van der Waals surface area contributed by atoms with Crippen molar-refractivity contribution in [2.24, 2.45) is 5.73 Å². The van der Waals surface area contributed by atoms with E-state index in [0.29, 0.717) is 38.7 Å². The second-order valence-electron chi connectivity index (χ2n) is 26.3. The largest absolute Gasteiger partial charge is 0.547 e. The molecule has 7 rings (SSSR count). The Morgan fingerprint density at radius 1 is 0.594 bits per heavy atom. The van der Waals surface area contributed by atoms with Crippen LogP contribution in [-0.4, -0.2) is 283 Å². The molecule has 0 saturated carbocycles. The number of aliphatic hydroxyl groups is 2. The van der Waals surface area contributed by atoms with Gasteiger partial charge in [0.15, 0.2) is 0 Å². The van der Waals surface area contributed by atoms with Crippen LogP contribution in [0.5, 0.6) is 0 Å². The molecule has 40 heteroatoms. The number of rotatable bonds is 41. The van der Waals surface area contributed by atoms with E-state index in [2.05, 4.69) is 75.9 Å². The molecule has 32 nitrogen and oxygen atoms in total. The van der Waals surface area contributed by atoms with Crippen molar-refractivity contribution < 1.29 is 135 Å². The van der Waals surface area contributed by atoms with Gasteiger partial charge in [-0.25, -0.2) is 21.5 Å². The number of aliphatic hydroxyl groups excluding tert-OH is 2. The van der Waals surface area contributed by atoms with E-state index in [0.717, 1.165) is 19.3 Å². The number of likely N-dealkylation sites (N-methyl/N-ethyl adjacent to an activating group) is 4. The first-order chi connectivity index (χ1) is 50.8. The number of ether oxygens (including phenoxy) is 9. The molecule has 7 fully saturated rings. The summed E-state index contributed by atoms with van der Waals surface area (Å²) < 4.78 is 103. The predicted molar refractivity (Wildman–Crippen MR) is 402 cm³/mol. The summed E-state index contributed by atoms with van der Waals surface area (Å²) in [4.78, 5) is 44.9. The van der Waals surface area contributed by atoms with Crippen molar-refractivity contribution in [2.75, 3.05) is 107 Å². The Morgan fingerprint density at radius 2 is 1.03 bits per heavy atom. The molecule has 106 heavy (non-hydrogen) atoms. The van der Waals surface area contributed by atoms with E-state index < -0.39 is 59.1 Å². The van der Waals surface area contributed by atoms with E-state index in [1.165, 1.54) is 13.8 Å². The van der Waals surface area contributed by atoms with Gasteiger partial charge in [0.25, 0.3) is 21.8 Å². The average Bonchev–Trinajstić information content (AvgIpc) is 1.60. The van der Waals surface area contributed by atoms with E-state index in [1.807, 2.05) is 41.1 Å². The third-order valence-corrected chi connectivity index (χ3v) is 24.4. The number of carbonyl (C=O) groups excluding carboxylic acids is 4. The minimum Gasteiger partial charge on any atom is -0.547 e. The van der Waals surface area contributed by atoms with Crippen molar-refractivity contribution >= 4 is 84.6 Å². The molecular weight excluding hydrogens is 1550 g/mol. The summed E-state index contributed by atoms with van der Waals surface area (Å²) in [5.41, 5.74) is 5.51. The number of nitriles is 3. The first-order valence-corrected chi connectivity index (χ1v) is 42.2. The van der Waals surface area contributed by atoms with Crippen LogP contribution in [-0.2, 0) is 145 Å². The standard InChI is InChI=1S/C24H44N5O6P2S.C20H34N3O7PS.C11H19NO4.C6H12BNO2.C5H10BNO2.Y/c1-18(2)29(19(3)4)36(31-12-7-10-25)32-16-23-21(9-14-30-23)28-37(38,33-13-8-11-26)34-17-24-22(27-6)15-20(5)35-24;1-14(24)5-6-20(25)27-12-18-16(7-10-26-18)23-31(32,28-9-4-8-21)29-13-19-17(22-3)11-15(2)30-19;1-8(13)3-4-11(14)16-7-10-9(12-2)5-6-15-10;1-8-4-2-6(7)10-5(4)3-9;6-5-1-3(7)4(2-8)9-5;/h14,18-24,27H,7-9,12-13,15-17H2,1-6H3,(H,28,38);15-19,22H,4-7,9-13H2,1-3H3,(H,23,32);9-10,12H,3-7H2,1-2H3;4-6,8-9H,2-3H2,1H3;3-5,8H,1-2,7H2;/q-1;;;;;/t20-,21-,22-,23+,24+,36?,37?;15-,16-,17-,18+,19+,31?;9-,10+;4-,5+,6+;3-,4+,5+;/m00000./s1/i;10T;6T;;;/tm;10-,15-,16-,17-,18+,19+,31?;6-,9-,10+;2m;. The molecule has 0 aromatic carbocycles. The third-order valence-electron chi connectivity index (χ3n) is 17.2. The summed E-state index contributed by atoms with van der Waals surface area (Å²) in [6.07, 6.45) is 4.02. The number of Topliss-reactive ketones (excluding diaryl/α,β-unsaturated/α-hetero) is 2. The normalized spacial score (nSPS) is 31.8. The minimum atomic E-state index is -3.07. The predicted octanol–water partition coefficient (Wildman–Crippen LogP) is 3.42. The molecule has 0 aliphatic carbocycles. The van der Waals surface area contributed by atoms with Gasteiger partial charge in [-0.15, -0.1) is 6.42 Å². The number of hydrogen-bond donors (Lipinski definition) is 9. The van der Waals surface area contributed by atoms with Crippen LogP contribution in [0.25, 0.3) is 0 Å². The van der Waals surface area contributed by atoms with Gasteiger partial charge in [0, 0.05) is 125 Å². The summed E-state index contributed by atoms with van der Waals surface area (Å²) in [6.45, 7) is 11.0. The van der Waals surface area contributed by atoms with Crippen LogP contribution in [0.15, 0.2) is 0 Å². The zero-order valence-corrected chi connectivity index (χ0v) is 70.8. The van der Waals surface area contributed by atoms with Crippen LogP contribution in [0.4, 0.5) is 0 Å². The maximum Gasteiger partial charge on any atom is 0.306 e. The Labute approximate surface area is 671 Å². The molecule has 7 heterocycles.